The van der Waals surface area contributed by atoms with Crippen LogP contribution in [0.1, 0.15) is 5.56 Å². The Morgan fingerprint density at radius 3 is 1.59 bits per heavy atom. The molecule has 0 bridgehead atoms. The van der Waals surface area contributed by atoms with Crippen LogP contribution in [0.3, 0.4) is 0 Å². The molecule has 0 aromatic heterocycles. The molecule has 1 heterocycles. The second-order valence-corrected chi connectivity index (χ2v) is 10.3. The van der Waals surface area contributed by atoms with Crippen LogP contribution in [0.2, 0.25) is 0 Å². The summed E-state index contributed by atoms with van der Waals surface area (Å²) < 4.78 is 0. The van der Waals surface area contributed by atoms with Crippen LogP contribution in [-0.2, 0) is 6.42 Å². The maximum Gasteiger partial charge on any atom is -0.00840 e. The summed E-state index contributed by atoms with van der Waals surface area (Å²) in [7, 11) is 0. The summed E-state index contributed by atoms with van der Waals surface area (Å²) in [6.07, 6.45) is 0.978. The Kier molecular flexibility index (Phi) is 4.07. The largest absolute Gasteiger partial charge is 0.0698 e. The molecule has 0 saturated heterocycles. The van der Waals surface area contributed by atoms with Gasteiger partial charge in [0, 0.05) is 0 Å². The number of benzene rings is 4. The van der Waals surface area contributed by atoms with E-state index in [0.29, 0.717) is 0 Å². The van der Waals surface area contributed by atoms with E-state index in [-0.39, 0.29) is 0 Å². The van der Waals surface area contributed by atoms with Gasteiger partial charge in [-0.2, -0.15) is 0 Å². The van der Waals surface area contributed by atoms with Crippen molar-refractivity contribution in [1.82, 2.24) is 0 Å². The van der Waals surface area contributed by atoms with E-state index in [9.17, 15) is 0 Å². The van der Waals surface area contributed by atoms with E-state index in [2.05, 4.69) is 115 Å². The van der Waals surface area contributed by atoms with Crippen LogP contribution < -0.4 is 15.9 Å². The molecule has 0 unspecified atom stereocenters. The molecule has 0 radical (unpaired) electrons. The Hall–Kier alpha value is -2.82. The molecule has 0 fully saturated rings. The van der Waals surface area contributed by atoms with Gasteiger partial charge in [0.25, 0.3) is 0 Å². The first-order valence-electron chi connectivity index (χ1n) is 9.42. The highest BCUT2D eigenvalue weighted by Gasteiger charge is 2.34. The van der Waals surface area contributed by atoms with Gasteiger partial charge in [-0.25, -0.2) is 0 Å². The zero-order chi connectivity index (χ0) is 18.1. The maximum atomic E-state index is 2.61. The summed E-state index contributed by atoms with van der Waals surface area (Å²) >= 11 is 0. The fourth-order valence-electron chi connectivity index (χ4n) is 4.25. The molecule has 0 aliphatic carbocycles. The van der Waals surface area contributed by atoms with E-state index in [1.165, 1.54) is 32.6 Å². The van der Waals surface area contributed by atoms with E-state index in [1.807, 2.05) is 0 Å². The number of hydrogen-bond donors (Lipinski definition) is 0. The SMILES string of the molecule is C(Cc1ccccc1)=P1(c2ccccc2)c2ccccc2-c2ccccc21. The van der Waals surface area contributed by atoms with Crippen LogP contribution in [0.25, 0.3) is 11.1 Å². The highest BCUT2D eigenvalue weighted by molar-refractivity contribution is 7.95. The molecular formula is C26H21P. The third kappa shape index (κ3) is 2.60. The first-order valence-corrected chi connectivity index (χ1v) is 11.3. The Bertz CT molecular complexity index is 1090. The van der Waals surface area contributed by atoms with Crippen LogP contribution in [0.4, 0.5) is 0 Å². The highest BCUT2D eigenvalue weighted by atomic mass is 31.2. The lowest BCUT2D eigenvalue weighted by atomic mass is 10.1. The number of hydrogen-bond acceptors (Lipinski definition) is 0. The van der Waals surface area contributed by atoms with Gasteiger partial charge in [-0.1, -0.05) is 115 Å². The minimum atomic E-state index is -1.77. The lowest BCUT2D eigenvalue weighted by molar-refractivity contribution is 1.38. The fourth-order valence-corrected chi connectivity index (χ4v) is 8.59. The van der Waals surface area contributed by atoms with Crippen molar-refractivity contribution in [2.45, 2.75) is 6.42 Å². The quantitative estimate of drug-likeness (QED) is 0.395. The minimum absolute atomic E-state index is 0.978. The Labute approximate surface area is 161 Å². The van der Waals surface area contributed by atoms with Crippen LogP contribution in [0.15, 0.2) is 109 Å². The summed E-state index contributed by atoms with van der Waals surface area (Å²) in [5, 5.41) is 4.43. The predicted octanol–water partition coefficient (Wildman–Crippen LogP) is 5.01. The standard InChI is InChI=1S/C26H21P/c1-3-11-21(12-4-1)19-20-27(22-13-5-2-6-14-22)25-17-9-7-15-23(25)24-16-8-10-18-26(24)27/h1-18,20H,19H2. The molecule has 4 aromatic carbocycles. The average molecular weight is 364 g/mol. The van der Waals surface area contributed by atoms with E-state index in [1.54, 1.807) is 0 Å². The molecule has 1 heteroatoms. The van der Waals surface area contributed by atoms with Crippen LogP contribution in [0.5, 0.6) is 0 Å². The molecule has 4 aromatic rings. The van der Waals surface area contributed by atoms with Crippen molar-refractivity contribution in [1.29, 1.82) is 0 Å². The molecule has 5 rings (SSSR count). The predicted molar refractivity (Wildman–Crippen MR) is 120 cm³/mol. The van der Waals surface area contributed by atoms with Crippen molar-refractivity contribution in [2.75, 3.05) is 0 Å². The van der Waals surface area contributed by atoms with E-state index in [0.717, 1.165) is 6.42 Å². The highest BCUT2D eigenvalue weighted by Crippen LogP contribution is 2.52. The molecular weight excluding hydrogens is 343 g/mol. The maximum absolute atomic E-state index is 2.61. The van der Waals surface area contributed by atoms with Crippen molar-refractivity contribution in [3.63, 3.8) is 0 Å². The Morgan fingerprint density at radius 1 is 0.519 bits per heavy atom. The first kappa shape index (κ1) is 16.4. The average Bonchev–Trinajstić information content (AvgIpc) is 3.05. The smallest absolute Gasteiger partial charge is 0.00840 e. The summed E-state index contributed by atoms with van der Waals surface area (Å²) in [5.74, 6) is 2.61. The van der Waals surface area contributed by atoms with E-state index in [4.69, 9.17) is 0 Å². The fraction of sp³-hybridized carbons (Fsp3) is 0.0385. The van der Waals surface area contributed by atoms with Crippen molar-refractivity contribution < 1.29 is 0 Å². The van der Waals surface area contributed by atoms with Gasteiger partial charge in [-0.05, 0) is 45.9 Å². The van der Waals surface area contributed by atoms with Gasteiger partial charge in [-0.15, -0.1) is 0 Å². The van der Waals surface area contributed by atoms with Gasteiger partial charge in [0.15, 0.2) is 0 Å². The molecule has 130 valence electrons. The second-order valence-electron chi connectivity index (χ2n) is 6.96. The summed E-state index contributed by atoms with van der Waals surface area (Å²) in [6, 6.07) is 39.9. The lowest BCUT2D eigenvalue weighted by Gasteiger charge is -2.25. The van der Waals surface area contributed by atoms with Gasteiger partial charge in [0.1, 0.15) is 0 Å². The number of fused-ring (bicyclic) bond motifs is 3. The molecule has 0 saturated carbocycles. The Morgan fingerprint density at radius 2 is 1.00 bits per heavy atom. The van der Waals surface area contributed by atoms with Gasteiger partial charge >= 0.3 is 0 Å². The van der Waals surface area contributed by atoms with Crippen LogP contribution in [0, 0.1) is 0 Å². The van der Waals surface area contributed by atoms with E-state index >= 15 is 0 Å². The third-order valence-electron chi connectivity index (χ3n) is 5.47. The zero-order valence-electron chi connectivity index (χ0n) is 15.1. The summed E-state index contributed by atoms with van der Waals surface area (Å²) in [4.78, 5) is 0. The van der Waals surface area contributed by atoms with Crippen molar-refractivity contribution in [2.24, 2.45) is 0 Å². The molecule has 0 spiro atoms. The van der Waals surface area contributed by atoms with Crippen molar-refractivity contribution >= 4 is 28.6 Å². The summed E-state index contributed by atoms with van der Waals surface area (Å²) in [5.41, 5.74) is 4.17. The Balaban J connectivity index is 1.84. The van der Waals surface area contributed by atoms with Crippen LogP contribution in [-0.4, -0.2) is 5.80 Å². The van der Waals surface area contributed by atoms with Gasteiger partial charge < -0.3 is 0 Å². The molecule has 0 atom stereocenters. The summed E-state index contributed by atoms with van der Waals surface area (Å²) in [6.45, 7) is -1.77. The molecule has 27 heavy (non-hydrogen) atoms. The number of rotatable bonds is 3. The second kappa shape index (κ2) is 6.72. The molecule has 1 aliphatic rings. The van der Waals surface area contributed by atoms with Gasteiger partial charge in [0.2, 0.25) is 0 Å². The molecule has 1 aliphatic heterocycles. The van der Waals surface area contributed by atoms with Crippen molar-refractivity contribution in [3.05, 3.63) is 115 Å². The van der Waals surface area contributed by atoms with Gasteiger partial charge in [0.05, 0.1) is 0 Å². The lowest BCUT2D eigenvalue weighted by Crippen LogP contribution is -2.23. The minimum Gasteiger partial charge on any atom is -0.0698 e. The van der Waals surface area contributed by atoms with Gasteiger partial charge in [-0.3, -0.25) is 0 Å². The third-order valence-corrected chi connectivity index (χ3v) is 9.61. The van der Waals surface area contributed by atoms with Crippen LogP contribution >= 0.6 is 6.89 Å². The van der Waals surface area contributed by atoms with E-state index < -0.39 is 6.89 Å². The first-order chi connectivity index (χ1) is 13.4. The molecule has 0 amide bonds. The molecule has 0 N–H and O–H groups in total. The topological polar surface area (TPSA) is 0 Å². The zero-order valence-corrected chi connectivity index (χ0v) is 16.0. The monoisotopic (exact) mass is 364 g/mol. The normalized spacial score (nSPS) is 13.6. The molecule has 0 nitrogen and oxygen atoms in total. The van der Waals surface area contributed by atoms with Crippen molar-refractivity contribution in [3.8, 4) is 11.1 Å².